The molecule has 2 nitrogen and oxygen atoms in total. The molecule has 0 aliphatic carbocycles. The molecule has 0 aromatic heterocycles. The average Bonchev–Trinajstić information content (AvgIpc) is 2.38. The van der Waals surface area contributed by atoms with E-state index in [9.17, 15) is 9.18 Å². The number of ether oxygens (including phenoxy) is 1. The lowest BCUT2D eigenvalue weighted by Gasteiger charge is -2.08. The van der Waals surface area contributed by atoms with Crippen LogP contribution in [0.15, 0.2) is 36.4 Å². The van der Waals surface area contributed by atoms with Crippen molar-refractivity contribution in [3.63, 3.8) is 0 Å². The van der Waals surface area contributed by atoms with E-state index in [2.05, 4.69) is 0 Å². The first kappa shape index (κ1) is 12.6. The highest BCUT2D eigenvalue weighted by molar-refractivity contribution is 6.31. The summed E-state index contributed by atoms with van der Waals surface area (Å²) in [7, 11) is 1.46. The van der Waals surface area contributed by atoms with Gasteiger partial charge in [0.05, 0.1) is 7.11 Å². The van der Waals surface area contributed by atoms with Crippen LogP contribution in [-0.2, 0) is 0 Å². The SMILES string of the molecule is COc1ccc(-c2cc(Cl)ccc2C=O)c(F)c1. The van der Waals surface area contributed by atoms with Crippen LogP contribution in [0, 0.1) is 5.82 Å². The Labute approximate surface area is 109 Å². The van der Waals surface area contributed by atoms with Crippen LogP contribution in [-0.4, -0.2) is 13.4 Å². The Bertz CT molecular complexity index is 596. The molecule has 0 heterocycles. The standard InChI is InChI=1S/C14H10ClFO2/c1-18-11-4-5-12(14(16)7-11)13-6-10(15)3-2-9(13)8-17/h2-8H,1H3. The molecule has 0 unspecified atom stereocenters. The van der Waals surface area contributed by atoms with E-state index < -0.39 is 5.82 Å². The molecule has 0 fully saturated rings. The van der Waals surface area contributed by atoms with Gasteiger partial charge < -0.3 is 4.74 Å². The number of hydrogen-bond acceptors (Lipinski definition) is 2. The molecule has 2 aromatic rings. The van der Waals surface area contributed by atoms with Crippen molar-refractivity contribution >= 4 is 17.9 Å². The van der Waals surface area contributed by atoms with Crippen LogP contribution in [0.2, 0.25) is 5.02 Å². The van der Waals surface area contributed by atoms with E-state index in [1.165, 1.54) is 13.2 Å². The summed E-state index contributed by atoms with van der Waals surface area (Å²) < 4.78 is 18.9. The Morgan fingerprint density at radius 2 is 1.94 bits per heavy atom. The number of hydrogen-bond donors (Lipinski definition) is 0. The lowest BCUT2D eigenvalue weighted by Crippen LogP contribution is -1.92. The monoisotopic (exact) mass is 264 g/mol. The fourth-order valence-electron chi connectivity index (χ4n) is 1.71. The fourth-order valence-corrected chi connectivity index (χ4v) is 1.88. The fraction of sp³-hybridized carbons (Fsp3) is 0.0714. The summed E-state index contributed by atoms with van der Waals surface area (Å²) in [5, 5.41) is 0.450. The van der Waals surface area contributed by atoms with Crippen LogP contribution in [0.25, 0.3) is 11.1 Å². The molecule has 92 valence electrons. The number of methoxy groups -OCH3 is 1. The minimum atomic E-state index is -0.459. The van der Waals surface area contributed by atoms with E-state index >= 15 is 0 Å². The van der Waals surface area contributed by atoms with Crippen LogP contribution in [0.3, 0.4) is 0 Å². The number of carbonyl (C=O) groups is 1. The number of halogens is 2. The molecule has 0 aliphatic heterocycles. The lowest BCUT2D eigenvalue weighted by molar-refractivity contribution is 0.112. The summed E-state index contributed by atoms with van der Waals surface area (Å²) in [6.07, 6.45) is 0.676. The molecule has 0 bridgehead atoms. The molecule has 0 amide bonds. The highest BCUT2D eigenvalue weighted by atomic mass is 35.5. The molecule has 0 radical (unpaired) electrons. The van der Waals surface area contributed by atoms with Gasteiger partial charge in [-0.2, -0.15) is 0 Å². The van der Waals surface area contributed by atoms with Gasteiger partial charge in [-0.3, -0.25) is 4.79 Å². The first-order valence-electron chi connectivity index (χ1n) is 5.24. The molecule has 0 atom stereocenters. The average molecular weight is 265 g/mol. The summed E-state index contributed by atoms with van der Waals surface area (Å²) in [6, 6.07) is 9.19. The second-order valence-electron chi connectivity index (χ2n) is 3.70. The first-order chi connectivity index (χ1) is 8.65. The smallest absolute Gasteiger partial charge is 0.150 e. The molecule has 0 saturated heterocycles. The molecule has 4 heteroatoms. The first-order valence-corrected chi connectivity index (χ1v) is 5.62. The number of benzene rings is 2. The predicted octanol–water partition coefficient (Wildman–Crippen LogP) is 3.97. The van der Waals surface area contributed by atoms with Gasteiger partial charge in [-0.25, -0.2) is 4.39 Å². The van der Waals surface area contributed by atoms with Gasteiger partial charge >= 0.3 is 0 Å². The molecule has 2 rings (SSSR count). The van der Waals surface area contributed by atoms with Crippen molar-refractivity contribution in [1.82, 2.24) is 0 Å². The van der Waals surface area contributed by atoms with Gasteiger partial charge in [0.25, 0.3) is 0 Å². The maximum Gasteiger partial charge on any atom is 0.150 e. The van der Waals surface area contributed by atoms with Gasteiger partial charge in [0.15, 0.2) is 6.29 Å². The molecule has 0 aliphatic rings. The summed E-state index contributed by atoms with van der Waals surface area (Å²) in [4.78, 5) is 11.0. The predicted molar refractivity (Wildman–Crippen MR) is 68.8 cm³/mol. The van der Waals surface area contributed by atoms with Crippen LogP contribution in [0.1, 0.15) is 10.4 Å². The van der Waals surface area contributed by atoms with Gasteiger partial charge in [0.2, 0.25) is 0 Å². The highest BCUT2D eigenvalue weighted by Crippen LogP contribution is 2.30. The summed E-state index contributed by atoms with van der Waals surface area (Å²) in [5.74, 6) is -0.0364. The van der Waals surface area contributed by atoms with Crippen molar-refractivity contribution < 1.29 is 13.9 Å². The molecule has 0 spiro atoms. The Balaban J connectivity index is 2.61. The van der Waals surface area contributed by atoms with Gasteiger partial charge in [0, 0.05) is 22.2 Å². The minimum Gasteiger partial charge on any atom is -0.497 e. The van der Waals surface area contributed by atoms with Crippen molar-refractivity contribution in [3.8, 4) is 16.9 Å². The third-order valence-corrected chi connectivity index (χ3v) is 2.84. The molecule has 2 aromatic carbocycles. The quantitative estimate of drug-likeness (QED) is 0.784. The van der Waals surface area contributed by atoms with E-state index in [4.69, 9.17) is 16.3 Å². The second-order valence-corrected chi connectivity index (χ2v) is 4.13. The zero-order chi connectivity index (χ0) is 13.1. The van der Waals surface area contributed by atoms with E-state index in [1.807, 2.05) is 0 Å². The van der Waals surface area contributed by atoms with Crippen molar-refractivity contribution in [3.05, 3.63) is 52.8 Å². The van der Waals surface area contributed by atoms with Gasteiger partial charge in [-0.05, 0) is 35.9 Å². The minimum absolute atomic E-state index is 0.320. The van der Waals surface area contributed by atoms with E-state index in [-0.39, 0.29) is 0 Å². The molecule has 0 saturated carbocycles. The zero-order valence-corrected chi connectivity index (χ0v) is 10.4. The maximum absolute atomic E-state index is 13.9. The summed E-state index contributed by atoms with van der Waals surface area (Å²) >= 11 is 5.87. The number of rotatable bonds is 3. The van der Waals surface area contributed by atoms with Crippen LogP contribution in [0.4, 0.5) is 4.39 Å². The Kier molecular flexibility index (Phi) is 3.63. The largest absolute Gasteiger partial charge is 0.497 e. The van der Waals surface area contributed by atoms with Crippen molar-refractivity contribution in [1.29, 1.82) is 0 Å². The van der Waals surface area contributed by atoms with Crippen LogP contribution < -0.4 is 4.74 Å². The Morgan fingerprint density at radius 3 is 2.56 bits per heavy atom. The highest BCUT2D eigenvalue weighted by Gasteiger charge is 2.11. The third-order valence-electron chi connectivity index (χ3n) is 2.61. The zero-order valence-electron chi connectivity index (χ0n) is 9.61. The van der Waals surface area contributed by atoms with Crippen molar-refractivity contribution in [2.75, 3.05) is 7.11 Å². The normalized spacial score (nSPS) is 10.2. The van der Waals surface area contributed by atoms with Gasteiger partial charge in [0.1, 0.15) is 11.6 Å². The molecular weight excluding hydrogens is 255 g/mol. The van der Waals surface area contributed by atoms with E-state index in [0.717, 1.165) is 0 Å². The molecule has 18 heavy (non-hydrogen) atoms. The maximum atomic E-state index is 13.9. The van der Waals surface area contributed by atoms with Crippen molar-refractivity contribution in [2.24, 2.45) is 0 Å². The van der Waals surface area contributed by atoms with Crippen LogP contribution >= 0.6 is 11.6 Å². The van der Waals surface area contributed by atoms with E-state index in [1.54, 1.807) is 30.3 Å². The lowest BCUT2D eigenvalue weighted by atomic mass is 10.00. The van der Waals surface area contributed by atoms with Gasteiger partial charge in [-0.15, -0.1) is 0 Å². The Morgan fingerprint density at radius 1 is 1.17 bits per heavy atom. The third kappa shape index (κ3) is 2.36. The molecule has 0 N–H and O–H groups in total. The van der Waals surface area contributed by atoms with Gasteiger partial charge in [-0.1, -0.05) is 11.6 Å². The number of aldehydes is 1. The second kappa shape index (κ2) is 5.19. The van der Waals surface area contributed by atoms with E-state index in [0.29, 0.717) is 33.7 Å². The summed E-state index contributed by atoms with van der Waals surface area (Å²) in [5.41, 5.74) is 1.18. The Hall–Kier alpha value is -1.87. The molecular formula is C14H10ClFO2. The van der Waals surface area contributed by atoms with Crippen molar-refractivity contribution in [2.45, 2.75) is 0 Å². The summed E-state index contributed by atoms with van der Waals surface area (Å²) in [6.45, 7) is 0. The topological polar surface area (TPSA) is 26.3 Å². The van der Waals surface area contributed by atoms with Crippen LogP contribution in [0.5, 0.6) is 5.75 Å². The number of carbonyl (C=O) groups excluding carboxylic acids is 1.